The summed E-state index contributed by atoms with van der Waals surface area (Å²) in [6.07, 6.45) is 5.90. The molecular formula is C16H27N3O. The molecule has 1 aromatic heterocycles. The molecule has 1 aromatic rings. The van der Waals surface area contributed by atoms with Gasteiger partial charge in [-0.2, -0.15) is 0 Å². The average molecular weight is 277 g/mol. The van der Waals surface area contributed by atoms with Crippen LogP contribution in [-0.4, -0.2) is 37.8 Å². The molecule has 20 heavy (non-hydrogen) atoms. The first-order valence-electron chi connectivity index (χ1n) is 7.72. The van der Waals surface area contributed by atoms with Crippen molar-refractivity contribution < 1.29 is 4.74 Å². The van der Waals surface area contributed by atoms with Crippen molar-refractivity contribution in [1.82, 2.24) is 10.3 Å². The number of hydrogen-bond acceptors (Lipinski definition) is 4. The maximum Gasteiger partial charge on any atom is 0.128 e. The summed E-state index contributed by atoms with van der Waals surface area (Å²) >= 11 is 0. The van der Waals surface area contributed by atoms with Gasteiger partial charge in [0, 0.05) is 32.4 Å². The van der Waals surface area contributed by atoms with Gasteiger partial charge in [0.1, 0.15) is 5.82 Å². The van der Waals surface area contributed by atoms with E-state index >= 15 is 0 Å². The second kappa shape index (κ2) is 7.60. The third-order valence-corrected chi connectivity index (χ3v) is 3.92. The Kier molecular flexibility index (Phi) is 5.80. The highest BCUT2D eigenvalue weighted by Gasteiger charge is 2.17. The Morgan fingerprint density at radius 1 is 1.50 bits per heavy atom. The largest absolute Gasteiger partial charge is 0.376 e. The fraction of sp³-hybridized carbons (Fsp3) is 0.688. The predicted octanol–water partition coefficient (Wildman–Crippen LogP) is 2.76. The van der Waals surface area contributed by atoms with Gasteiger partial charge in [0.05, 0.1) is 6.10 Å². The quantitative estimate of drug-likeness (QED) is 0.867. The molecular weight excluding hydrogens is 250 g/mol. The fourth-order valence-corrected chi connectivity index (χ4v) is 2.69. The van der Waals surface area contributed by atoms with Crippen LogP contribution in [0.2, 0.25) is 0 Å². The van der Waals surface area contributed by atoms with Gasteiger partial charge in [0.2, 0.25) is 0 Å². The van der Waals surface area contributed by atoms with Crippen molar-refractivity contribution in [3.8, 4) is 0 Å². The molecule has 2 rings (SSSR count). The lowest BCUT2D eigenvalue weighted by Crippen LogP contribution is -2.33. The second-order valence-corrected chi connectivity index (χ2v) is 5.60. The van der Waals surface area contributed by atoms with Crippen LogP contribution in [0, 0.1) is 0 Å². The number of hydrogen-bond donors (Lipinski definition) is 1. The van der Waals surface area contributed by atoms with Crippen molar-refractivity contribution in [3.63, 3.8) is 0 Å². The van der Waals surface area contributed by atoms with Crippen LogP contribution in [0.15, 0.2) is 18.3 Å². The molecule has 1 fully saturated rings. The lowest BCUT2D eigenvalue weighted by molar-refractivity contribution is 0.0215. The first kappa shape index (κ1) is 15.3. The van der Waals surface area contributed by atoms with E-state index < -0.39 is 0 Å². The predicted molar refractivity (Wildman–Crippen MR) is 83.2 cm³/mol. The first-order chi connectivity index (χ1) is 9.70. The van der Waals surface area contributed by atoms with E-state index in [1.54, 1.807) is 0 Å². The van der Waals surface area contributed by atoms with Gasteiger partial charge >= 0.3 is 0 Å². The minimum absolute atomic E-state index is 0.352. The lowest BCUT2D eigenvalue weighted by Gasteiger charge is -2.28. The fourth-order valence-electron chi connectivity index (χ4n) is 2.69. The SMILES string of the molecule is CCNC(C)c1ccnc(N(C)CC2CCCCO2)c1. The summed E-state index contributed by atoms with van der Waals surface area (Å²) in [4.78, 5) is 6.70. The zero-order valence-corrected chi connectivity index (χ0v) is 12.9. The van der Waals surface area contributed by atoms with Gasteiger partial charge in [-0.05, 0) is 50.4 Å². The number of aromatic nitrogens is 1. The number of ether oxygens (including phenoxy) is 1. The molecule has 0 spiro atoms. The van der Waals surface area contributed by atoms with Crippen molar-refractivity contribution in [2.24, 2.45) is 0 Å². The third-order valence-electron chi connectivity index (χ3n) is 3.92. The average Bonchev–Trinajstić information content (AvgIpc) is 2.48. The Bertz CT molecular complexity index is 404. The van der Waals surface area contributed by atoms with Crippen LogP contribution in [-0.2, 0) is 4.74 Å². The Morgan fingerprint density at radius 3 is 3.05 bits per heavy atom. The number of anilines is 1. The van der Waals surface area contributed by atoms with E-state index in [-0.39, 0.29) is 0 Å². The van der Waals surface area contributed by atoms with Crippen LogP contribution in [0.25, 0.3) is 0 Å². The summed E-state index contributed by atoms with van der Waals surface area (Å²) in [5.74, 6) is 1.03. The zero-order chi connectivity index (χ0) is 14.4. The van der Waals surface area contributed by atoms with Gasteiger partial charge in [0.15, 0.2) is 0 Å². The van der Waals surface area contributed by atoms with Gasteiger partial charge < -0.3 is 15.0 Å². The molecule has 0 aromatic carbocycles. The zero-order valence-electron chi connectivity index (χ0n) is 12.9. The lowest BCUT2D eigenvalue weighted by atomic mass is 10.1. The van der Waals surface area contributed by atoms with Crippen molar-refractivity contribution >= 4 is 5.82 Å². The Balaban J connectivity index is 1.98. The molecule has 1 aliphatic rings. The van der Waals surface area contributed by atoms with E-state index in [4.69, 9.17) is 4.74 Å². The monoisotopic (exact) mass is 277 g/mol. The molecule has 112 valence electrons. The van der Waals surface area contributed by atoms with Gasteiger partial charge in [-0.1, -0.05) is 6.92 Å². The summed E-state index contributed by atoms with van der Waals surface area (Å²) in [7, 11) is 2.10. The normalized spacial score (nSPS) is 20.6. The van der Waals surface area contributed by atoms with Gasteiger partial charge in [-0.3, -0.25) is 0 Å². The van der Waals surface area contributed by atoms with Crippen LogP contribution in [0.4, 0.5) is 5.82 Å². The minimum atomic E-state index is 0.352. The van der Waals surface area contributed by atoms with Crippen molar-refractivity contribution in [3.05, 3.63) is 23.9 Å². The molecule has 2 unspecified atom stereocenters. The molecule has 1 N–H and O–H groups in total. The van der Waals surface area contributed by atoms with Crippen LogP contribution in [0.1, 0.15) is 44.7 Å². The smallest absolute Gasteiger partial charge is 0.128 e. The molecule has 2 atom stereocenters. The van der Waals surface area contributed by atoms with E-state index in [9.17, 15) is 0 Å². The molecule has 2 heterocycles. The number of nitrogens with zero attached hydrogens (tertiary/aromatic N) is 2. The molecule has 0 bridgehead atoms. The molecule has 4 heteroatoms. The topological polar surface area (TPSA) is 37.4 Å². The summed E-state index contributed by atoms with van der Waals surface area (Å²) in [5.41, 5.74) is 1.29. The molecule has 1 saturated heterocycles. The van der Waals surface area contributed by atoms with E-state index in [2.05, 4.69) is 48.2 Å². The van der Waals surface area contributed by atoms with E-state index in [1.165, 1.54) is 18.4 Å². The standard InChI is InChI=1S/C16H27N3O/c1-4-17-13(2)14-8-9-18-16(11-14)19(3)12-15-7-5-6-10-20-15/h8-9,11,13,15,17H,4-7,10,12H2,1-3H3. The summed E-state index contributed by atoms with van der Waals surface area (Å²) in [5, 5.41) is 3.44. The van der Waals surface area contributed by atoms with Crippen LogP contribution in [0.3, 0.4) is 0 Å². The second-order valence-electron chi connectivity index (χ2n) is 5.60. The molecule has 0 saturated carbocycles. The first-order valence-corrected chi connectivity index (χ1v) is 7.72. The van der Waals surface area contributed by atoms with E-state index in [0.717, 1.165) is 31.9 Å². The number of likely N-dealkylation sites (N-methyl/N-ethyl adjacent to an activating group) is 1. The Morgan fingerprint density at radius 2 is 2.35 bits per heavy atom. The van der Waals surface area contributed by atoms with Crippen molar-refractivity contribution in [1.29, 1.82) is 0 Å². The number of nitrogens with one attached hydrogen (secondary N) is 1. The molecule has 4 nitrogen and oxygen atoms in total. The molecule has 1 aliphatic heterocycles. The number of rotatable bonds is 6. The highest BCUT2D eigenvalue weighted by Crippen LogP contribution is 2.19. The van der Waals surface area contributed by atoms with Crippen molar-refractivity contribution in [2.45, 2.75) is 45.3 Å². The highest BCUT2D eigenvalue weighted by molar-refractivity contribution is 5.41. The number of pyridine rings is 1. The third kappa shape index (κ3) is 4.18. The minimum Gasteiger partial charge on any atom is -0.376 e. The maximum atomic E-state index is 5.80. The van der Waals surface area contributed by atoms with Gasteiger partial charge in [0.25, 0.3) is 0 Å². The Hall–Kier alpha value is -1.13. The van der Waals surface area contributed by atoms with Crippen LogP contribution < -0.4 is 10.2 Å². The van der Waals surface area contributed by atoms with Gasteiger partial charge in [-0.15, -0.1) is 0 Å². The van der Waals surface area contributed by atoms with Crippen molar-refractivity contribution in [2.75, 3.05) is 31.6 Å². The van der Waals surface area contributed by atoms with E-state index in [0.29, 0.717) is 12.1 Å². The van der Waals surface area contributed by atoms with E-state index in [1.807, 2.05) is 6.20 Å². The molecule has 0 aliphatic carbocycles. The van der Waals surface area contributed by atoms with Crippen LogP contribution >= 0.6 is 0 Å². The summed E-state index contributed by atoms with van der Waals surface area (Å²) in [6.45, 7) is 7.12. The highest BCUT2D eigenvalue weighted by atomic mass is 16.5. The molecule has 0 amide bonds. The maximum absolute atomic E-state index is 5.80. The summed E-state index contributed by atoms with van der Waals surface area (Å²) < 4.78 is 5.80. The van der Waals surface area contributed by atoms with Crippen LogP contribution in [0.5, 0.6) is 0 Å². The summed E-state index contributed by atoms with van der Waals surface area (Å²) in [6, 6.07) is 4.62. The van der Waals surface area contributed by atoms with Gasteiger partial charge in [-0.25, -0.2) is 4.98 Å². The molecule has 0 radical (unpaired) electrons. The Labute approximate surface area is 122 Å².